The van der Waals surface area contributed by atoms with Crippen molar-refractivity contribution in [1.82, 2.24) is 9.88 Å². The first kappa shape index (κ1) is 19.6. The molecule has 1 amide bonds. The van der Waals surface area contributed by atoms with E-state index in [9.17, 15) is 23.9 Å². The fourth-order valence-corrected chi connectivity index (χ4v) is 2.44. The predicted octanol–water partition coefficient (Wildman–Crippen LogP) is 2.17. The van der Waals surface area contributed by atoms with Gasteiger partial charge in [-0.2, -0.15) is 0 Å². The summed E-state index contributed by atoms with van der Waals surface area (Å²) in [6.45, 7) is 1.48. The zero-order chi connectivity index (χ0) is 19.4. The van der Waals surface area contributed by atoms with Crippen molar-refractivity contribution in [3.8, 4) is 0 Å². The minimum atomic E-state index is -1.52. The molecule has 0 saturated heterocycles. The molecule has 1 unspecified atom stereocenters. The lowest BCUT2D eigenvalue weighted by Gasteiger charge is -2.15. The number of nitrogens with one attached hydrogen (secondary N) is 1. The molecule has 7 nitrogen and oxygen atoms in total. The highest BCUT2D eigenvalue weighted by Gasteiger charge is 2.20. The lowest BCUT2D eigenvalue weighted by molar-refractivity contribution is 0.0689. The number of amides is 1. The maximum absolute atomic E-state index is 13.4. The summed E-state index contributed by atoms with van der Waals surface area (Å²) in [6, 6.07) is 4.08. The number of aromatic nitrogens is 1. The molecule has 0 fully saturated rings. The van der Waals surface area contributed by atoms with Gasteiger partial charge in [0, 0.05) is 18.9 Å². The van der Waals surface area contributed by atoms with E-state index in [1.165, 1.54) is 12.1 Å². The van der Waals surface area contributed by atoms with Crippen molar-refractivity contribution in [1.29, 1.82) is 0 Å². The van der Waals surface area contributed by atoms with Crippen LogP contribution in [0.2, 0.25) is 5.02 Å². The Hall–Kier alpha value is -2.71. The van der Waals surface area contributed by atoms with Gasteiger partial charge in [-0.05, 0) is 18.1 Å². The molecule has 0 saturated carbocycles. The van der Waals surface area contributed by atoms with Crippen LogP contribution in [-0.2, 0) is 6.54 Å². The van der Waals surface area contributed by atoms with Crippen molar-refractivity contribution < 1.29 is 24.2 Å². The van der Waals surface area contributed by atoms with Gasteiger partial charge in [0.1, 0.15) is 23.2 Å². The molecule has 0 spiro atoms. The van der Waals surface area contributed by atoms with Crippen LogP contribution < -0.4 is 10.7 Å². The van der Waals surface area contributed by atoms with Crippen molar-refractivity contribution in [3.05, 3.63) is 68.3 Å². The van der Waals surface area contributed by atoms with E-state index < -0.39 is 40.5 Å². The van der Waals surface area contributed by atoms with E-state index in [-0.39, 0.29) is 18.0 Å². The summed E-state index contributed by atoms with van der Waals surface area (Å²) in [5.41, 5.74) is -1.79. The third-order valence-electron chi connectivity index (χ3n) is 3.70. The monoisotopic (exact) mass is 382 g/mol. The number of aliphatic hydroxyl groups excluding tert-OH is 1. The molecule has 2 rings (SSSR count). The molecule has 0 radical (unpaired) electrons. The highest BCUT2D eigenvalue weighted by atomic mass is 35.5. The molecule has 9 heteroatoms. The van der Waals surface area contributed by atoms with Crippen molar-refractivity contribution in [3.63, 3.8) is 0 Å². The van der Waals surface area contributed by atoms with Crippen molar-refractivity contribution in [2.45, 2.75) is 26.1 Å². The van der Waals surface area contributed by atoms with Crippen LogP contribution in [0, 0.1) is 5.82 Å². The summed E-state index contributed by atoms with van der Waals surface area (Å²) in [6.07, 6.45) is 1.18. The molecular formula is C17H16ClFN2O5. The Morgan fingerprint density at radius 3 is 2.58 bits per heavy atom. The number of nitrogens with zero attached hydrogens (tertiary/aromatic N) is 1. The minimum absolute atomic E-state index is 0.161. The first-order valence-corrected chi connectivity index (χ1v) is 8.02. The summed E-state index contributed by atoms with van der Waals surface area (Å²) >= 11 is 5.80. The van der Waals surface area contributed by atoms with E-state index in [1.54, 1.807) is 6.92 Å². The fourth-order valence-electron chi connectivity index (χ4n) is 2.25. The van der Waals surface area contributed by atoms with Gasteiger partial charge < -0.3 is 20.1 Å². The molecule has 26 heavy (non-hydrogen) atoms. The Labute approximate surface area is 152 Å². The average molecular weight is 383 g/mol. The van der Waals surface area contributed by atoms with Gasteiger partial charge in [0.15, 0.2) is 0 Å². The second-order valence-corrected chi connectivity index (χ2v) is 5.83. The number of benzene rings is 1. The van der Waals surface area contributed by atoms with Gasteiger partial charge in [-0.3, -0.25) is 9.59 Å². The van der Waals surface area contributed by atoms with Crippen LogP contribution in [0.4, 0.5) is 4.39 Å². The standard InChI is InChI=1S/C17H16ClFN2O5/c1-2-13(22)21-7-10(15(23)11(8-21)17(25)26)16(24)20-6-9-4-3-5-12(19)14(9)18/h3-5,7-8,13,22H,2,6H2,1H3,(H,20,24)(H,25,26). The summed E-state index contributed by atoms with van der Waals surface area (Å²) in [5.74, 6) is -3.04. The SMILES string of the molecule is CCC(O)n1cc(C(=O)O)c(=O)c(C(=O)NCc2cccc(F)c2Cl)c1. The van der Waals surface area contributed by atoms with E-state index >= 15 is 0 Å². The zero-order valence-corrected chi connectivity index (χ0v) is 14.5. The molecule has 1 atom stereocenters. The summed E-state index contributed by atoms with van der Waals surface area (Å²) < 4.78 is 14.5. The molecular weight excluding hydrogens is 367 g/mol. The van der Waals surface area contributed by atoms with Crippen LogP contribution in [-0.4, -0.2) is 26.7 Å². The second kappa shape index (κ2) is 8.11. The topological polar surface area (TPSA) is 109 Å². The highest BCUT2D eigenvalue weighted by molar-refractivity contribution is 6.31. The number of halogens is 2. The maximum atomic E-state index is 13.4. The smallest absolute Gasteiger partial charge is 0.341 e. The summed E-state index contributed by atoms with van der Waals surface area (Å²) in [5, 5.41) is 21.3. The number of aromatic carboxylic acids is 1. The Balaban J connectivity index is 2.35. The number of carboxylic acid groups (broad SMARTS) is 1. The molecule has 1 aromatic carbocycles. The lowest BCUT2D eigenvalue weighted by Crippen LogP contribution is -2.32. The molecule has 1 heterocycles. The van der Waals surface area contributed by atoms with Gasteiger partial charge in [-0.1, -0.05) is 30.7 Å². The number of rotatable bonds is 6. The lowest BCUT2D eigenvalue weighted by atomic mass is 10.1. The van der Waals surface area contributed by atoms with Gasteiger partial charge in [-0.25, -0.2) is 9.18 Å². The van der Waals surface area contributed by atoms with Gasteiger partial charge in [0.05, 0.1) is 5.02 Å². The molecule has 0 bridgehead atoms. The minimum Gasteiger partial charge on any atom is -0.477 e. The Morgan fingerprint density at radius 2 is 1.96 bits per heavy atom. The number of aliphatic hydroxyl groups is 1. The number of hydrogen-bond donors (Lipinski definition) is 3. The van der Waals surface area contributed by atoms with Crippen molar-refractivity contribution in [2.75, 3.05) is 0 Å². The van der Waals surface area contributed by atoms with E-state index in [1.807, 2.05) is 0 Å². The Kier molecular flexibility index (Phi) is 6.12. The predicted molar refractivity (Wildman–Crippen MR) is 91.8 cm³/mol. The molecule has 138 valence electrons. The maximum Gasteiger partial charge on any atom is 0.341 e. The van der Waals surface area contributed by atoms with Gasteiger partial charge >= 0.3 is 5.97 Å². The number of carbonyl (C=O) groups is 2. The van der Waals surface area contributed by atoms with Crippen LogP contribution in [0.25, 0.3) is 0 Å². The van der Waals surface area contributed by atoms with Gasteiger partial charge in [0.2, 0.25) is 5.43 Å². The van der Waals surface area contributed by atoms with E-state index in [4.69, 9.17) is 16.7 Å². The van der Waals surface area contributed by atoms with Crippen LogP contribution in [0.15, 0.2) is 35.4 Å². The van der Waals surface area contributed by atoms with E-state index in [2.05, 4.69) is 5.32 Å². The van der Waals surface area contributed by atoms with Gasteiger partial charge in [0.25, 0.3) is 5.91 Å². The third-order valence-corrected chi connectivity index (χ3v) is 4.12. The first-order chi connectivity index (χ1) is 12.3. The molecule has 2 aromatic rings. The third kappa shape index (κ3) is 4.09. The van der Waals surface area contributed by atoms with Crippen LogP contribution >= 0.6 is 11.6 Å². The number of hydrogen-bond acceptors (Lipinski definition) is 4. The van der Waals surface area contributed by atoms with Crippen LogP contribution in [0.1, 0.15) is 45.9 Å². The fraction of sp³-hybridized carbons (Fsp3) is 0.235. The Morgan fingerprint density at radius 1 is 1.31 bits per heavy atom. The van der Waals surface area contributed by atoms with E-state index in [0.717, 1.165) is 23.0 Å². The molecule has 3 N–H and O–H groups in total. The average Bonchev–Trinajstić information content (AvgIpc) is 2.61. The number of carboxylic acids is 1. The quantitative estimate of drug-likeness (QED) is 0.709. The molecule has 0 aliphatic carbocycles. The molecule has 0 aliphatic rings. The molecule has 0 aliphatic heterocycles. The molecule has 1 aromatic heterocycles. The largest absolute Gasteiger partial charge is 0.477 e. The number of carbonyl (C=O) groups excluding carboxylic acids is 1. The van der Waals surface area contributed by atoms with Crippen molar-refractivity contribution >= 4 is 23.5 Å². The normalized spacial score (nSPS) is 11.8. The highest BCUT2D eigenvalue weighted by Crippen LogP contribution is 2.19. The summed E-state index contributed by atoms with van der Waals surface area (Å²) in [4.78, 5) is 35.8. The second-order valence-electron chi connectivity index (χ2n) is 5.45. The Bertz CT molecular complexity index is 913. The number of pyridine rings is 1. The van der Waals surface area contributed by atoms with Crippen LogP contribution in [0.5, 0.6) is 0 Å². The van der Waals surface area contributed by atoms with Gasteiger partial charge in [-0.15, -0.1) is 0 Å². The van der Waals surface area contributed by atoms with Crippen molar-refractivity contribution in [2.24, 2.45) is 0 Å². The van der Waals surface area contributed by atoms with Crippen LogP contribution in [0.3, 0.4) is 0 Å². The van der Waals surface area contributed by atoms with E-state index in [0.29, 0.717) is 5.56 Å². The zero-order valence-electron chi connectivity index (χ0n) is 13.7. The first-order valence-electron chi connectivity index (χ1n) is 7.64. The summed E-state index contributed by atoms with van der Waals surface area (Å²) in [7, 11) is 0.